The van der Waals surface area contributed by atoms with Crippen molar-refractivity contribution in [3.05, 3.63) is 40.7 Å². The van der Waals surface area contributed by atoms with Crippen LogP contribution in [0, 0.1) is 6.92 Å². The smallest absolute Gasteiger partial charge is 0.138 e. The first-order valence-electron chi connectivity index (χ1n) is 5.95. The summed E-state index contributed by atoms with van der Waals surface area (Å²) in [6.07, 6.45) is 0. The fraction of sp³-hybridized carbons (Fsp3) is 0.154. The fourth-order valence-corrected chi connectivity index (χ4v) is 2.66. The minimum absolute atomic E-state index is 0.155. The van der Waals surface area contributed by atoms with Crippen LogP contribution in [0.2, 0.25) is 5.02 Å². The third-order valence-corrected chi connectivity index (χ3v) is 3.76. The number of aromatic nitrogens is 3. The predicted molar refractivity (Wildman–Crippen MR) is 80.4 cm³/mol. The Hall–Kier alpha value is -1.92. The number of nitrogens with one attached hydrogen (secondary N) is 1. The maximum atomic E-state index is 9.79. The number of halogens is 1. The van der Waals surface area contributed by atoms with E-state index in [2.05, 4.69) is 19.0 Å². The van der Waals surface area contributed by atoms with E-state index in [9.17, 15) is 5.11 Å². The Morgan fingerprint density at radius 2 is 2.10 bits per heavy atom. The summed E-state index contributed by atoms with van der Waals surface area (Å²) >= 11 is 7.33. The van der Waals surface area contributed by atoms with Crippen LogP contribution in [0.4, 0.5) is 5.69 Å². The van der Waals surface area contributed by atoms with Gasteiger partial charge in [-0.2, -0.15) is 8.75 Å². The van der Waals surface area contributed by atoms with Gasteiger partial charge in [0.15, 0.2) is 0 Å². The summed E-state index contributed by atoms with van der Waals surface area (Å²) in [5.74, 6) is 0.155. The first kappa shape index (κ1) is 13.1. The van der Waals surface area contributed by atoms with E-state index in [1.807, 2.05) is 13.0 Å². The molecule has 1 aromatic carbocycles. The normalized spacial score (nSPS) is 10.9. The number of aryl methyl sites for hydroxylation is 1. The molecule has 0 aliphatic carbocycles. The lowest BCUT2D eigenvalue weighted by Gasteiger charge is -2.10. The van der Waals surface area contributed by atoms with E-state index in [1.54, 1.807) is 18.2 Å². The molecule has 7 heteroatoms. The van der Waals surface area contributed by atoms with Gasteiger partial charge in [0, 0.05) is 5.69 Å². The average molecular weight is 307 g/mol. The summed E-state index contributed by atoms with van der Waals surface area (Å²) in [5.41, 5.74) is 3.65. The van der Waals surface area contributed by atoms with E-state index in [4.69, 9.17) is 11.6 Å². The number of hydrogen-bond donors (Lipinski definition) is 2. The number of nitrogens with zero attached hydrogens (tertiary/aromatic N) is 3. The lowest BCUT2D eigenvalue weighted by Crippen LogP contribution is -2.04. The maximum absolute atomic E-state index is 9.79. The third-order valence-electron chi connectivity index (χ3n) is 2.90. The van der Waals surface area contributed by atoms with Crippen LogP contribution in [-0.2, 0) is 6.54 Å². The molecule has 0 unspecified atom stereocenters. The molecule has 0 amide bonds. The van der Waals surface area contributed by atoms with E-state index in [0.29, 0.717) is 22.9 Å². The van der Waals surface area contributed by atoms with Crippen LogP contribution in [0.1, 0.15) is 11.4 Å². The van der Waals surface area contributed by atoms with Crippen molar-refractivity contribution < 1.29 is 5.11 Å². The molecular formula is C13H11ClN4OS. The highest BCUT2D eigenvalue weighted by atomic mass is 35.5. The van der Waals surface area contributed by atoms with Crippen LogP contribution in [0.3, 0.4) is 0 Å². The molecule has 2 N–H and O–H groups in total. The van der Waals surface area contributed by atoms with Crippen LogP contribution in [-0.4, -0.2) is 18.8 Å². The average Bonchev–Trinajstić information content (AvgIpc) is 2.90. The molecule has 102 valence electrons. The summed E-state index contributed by atoms with van der Waals surface area (Å²) in [5, 5.41) is 13.5. The van der Waals surface area contributed by atoms with Crippen molar-refractivity contribution in [3.8, 4) is 5.75 Å². The van der Waals surface area contributed by atoms with Crippen molar-refractivity contribution in [2.75, 3.05) is 5.32 Å². The zero-order chi connectivity index (χ0) is 14.1. The van der Waals surface area contributed by atoms with Gasteiger partial charge in [0.1, 0.15) is 22.5 Å². The predicted octanol–water partition coefficient (Wildman–Crippen LogP) is 3.37. The third kappa shape index (κ3) is 2.39. The number of benzene rings is 1. The summed E-state index contributed by atoms with van der Waals surface area (Å²) < 4.78 is 8.41. The number of pyridine rings is 1. The van der Waals surface area contributed by atoms with Gasteiger partial charge in [-0.15, -0.1) is 0 Å². The summed E-state index contributed by atoms with van der Waals surface area (Å²) in [7, 11) is 0. The maximum Gasteiger partial charge on any atom is 0.138 e. The number of hydrogen-bond acceptors (Lipinski definition) is 6. The molecule has 2 heterocycles. The number of rotatable bonds is 3. The Morgan fingerprint density at radius 3 is 2.95 bits per heavy atom. The van der Waals surface area contributed by atoms with Crippen molar-refractivity contribution in [2.45, 2.75) is 13.5 Å². The molecule has 0 saturated heterocycles. The van der Waals surface area contributed by atoms with Crippen molar-refractivity contribution in [3.63, 3.8) is 0 Å². The van der Waals surface area contributed by atoms with E-state index in [1.165, 1.54) is 0 Å². The lowest BCUT2D eigenvalue weighted by atomic mass is 10.2. The SMILES string of the molecule is Cc1ccc(O)c(CNc2c(Cl)ccc3nsnc23)n1. The molecule has 2 aromatic heterocycles. The van der Waals surface area contributed by atoms with Crippen LogP contribution < -0.4 is 5.32 Å². The molecule has 0 spiro atoms. The molecule has 0 bridgehead atoms. The van der Waals surface area contributed by atoms with Crippen molar-refractivity contribution in [2.24, 2.45) is 0 Å². The number of aromatic hydroxyl groups is 1. The number of anilines is 1. The Morgan fingerprint density at radius 1 is 1.25 bits per heavy atom. The van der Waals surface area contributed by atoms with Crippen molar-refractivity contribution in [1.82, 2.24) is 13.7 Å². The summed E-state index contributed by atoms with van der Waals surface area (Å²) in [6.45, 7) is 2.24. The summed E-state index contributed by atoms with van der Waals surface area (Å²) in [6, 6.07) is 6.99. The first-order chi connectivity index (χ1) is 9.65. The van der Waals surface area contributed by atoms with Crippen molar-refractivity contribution in [1.29, 1.82) is 0 Å². The van der Waals surface area contributed by atoms with Crippen molar-refractivity contribution >= 4 is 40.0 Å². The highest BCUT2D eigenvalue weighted by molar-refractivity contribution is 7.00. The van der Waals surface area contributed by atoms with Gasteiger partial charge >= 0.3 is 0 Å². The van der Waals surface area contributed by atoms with Crippen LogP contribution >= 0.6 is 23.3 Å². The minimum Gasteiger partial charge on any atom is -0.506 e. The zero-order valence-electron chi connectivity index (χ0n) is 10.6. The van der Waals surface area contributed by atoms with E-state index in [0.717, 1.165) is 28.5 Å². The Labute approximate surface area is 124 Å². The quantitative estimate of drug-likeness (QED) is 0.776. The van der Waals surface area contributed by atoms with Gasteiger partial charge in [0.25, 0.3) is 0 Å². The van der Waals surface area contributed by atoms with Crippen LogP contribution in [0.5, 0.6) is 5.75 Å². The zero-order valence-corrected chi connectivity index (χ0v) is 12.2. The molecule has 20 heavy (non-hydrogen) atoms. The Balaban J connectivity index is 1.92. The highest BCUT2D eigenvalue weighted by Crippen LogP contribution is 2.30. The molecule has 0 aliphatic heterocycles. The Bertz CT molecular complexity index is 774. The van der Waals surface area contributed by atoms with E-state index >= 15 is 0 Å². The first-order valence-corrected chi connectivity index (χ1v) is 7.06. The van der Waals surface area contributed by atoms with Crippen LogP contribution in [0.15, 0.2) is 24.3 Å². The molecule has 3 aromatic rings. The van der Waals surface area contributed by atoms with E-state index in [-0.39, 0.29) is 5.75 Å². The van der Waals surface area contributed by atoms with Gasteiger partial charge in [-0.1, -0.05) is 11.6 Å². The largest absolute Gasteiger partial charge is 0.506 e. The Kier molecular flexibility index (Phi) is 3.42. The van der Waals surface area contributed by atoms with Gasteiger partial charge in [-0.3, -0.25) is 4.98 Å². The second kappa shape index (κ2) is 5.22. The molecule has 3 rings (SSSR count). The molecular weight excluding hydrogens is 296 g/mol. The monoisotopic (exact) mass is 306 g/mol. The second-order valence-corrected chi connectivity index (χ2v) is 5.26. The topological polar surface area (TPSA) is 70.9 Å². The molecule has 0 radical (unpaired) electrons. The van der Waals surface area contributed by atoms with Gasteiger partial charge in [0.2, 0.25) is 0 Å². The molecule has 0 fully saturated rings. The minimum atomic E-state index is 0.155. The standard InChI is InChI=1S/C13H11ClN4OS/c1-7-2-5-11(19)10(16-7)6-15-12-8(14)3-4-9-13(12)18-20-17-9/h2-5,15,19H,6H2,1H3. The molecule has 5 nitrogen and oxygen atoms in total. The van der Waals surface area contributed by atoms with Gasteiger partial charge in [0.05, 0.1) is 29.0 Å². The highest BCUT2D eigenvalue weighted by Gasteiger charge is 2.11. The second-order valence-electron chi connectivity index (χ2n) is 4.33. The van der Waals surface area contributed by atoms with E-state index < -0.39 is 0 Å². The lowest BCUT2D eigenvalue weighted by molar-refractivity contribution is 0.464. The number of fused-ring (bicyclic) bond motifs is 1. The van der Waals surface area contributed by atoms with Crippen LogP contribution in [0.25, 0.3) is 11.0 Å². The van der Waals surface area contributed by atoms with Gasteiger partial charge < -0.3 is 10.4 Å². The fourth-order valence-electron chi connectivity index (χ4n) is 1.90. The molecule has 0 atom stereocenters. The molecule has 0 aliphatic rings. The summed E-state index contributed by atoms with van der Waals surface area (Å²) in [4.78, 5) is 4.30. The molecule has 0 saturated carbocycles. The van der Waals surface area contributed by atoms with Gasteiger partial charge in [-0.25, -0.2) is 0 Å². The van der Waals surface area contributed by atoms with Gasteiger partial charge in [-0.05, 0) is 31.2 Å².